The van der Waals surface area contributed by atoms with Gasteiger partial charge in [0.15, 0.2) is 17.2 Å². The van der Waals surface area contributed by atoms with Crippen LogP contribution in [0.3, 0.4) is 0 Å². The molecule has 7 heteroatoms. The number of fused-ring (bicyclic) bond motifs is 1. The molecule has 0 saturated carbocycles. The molecular weight excluding hydrogens is 376 g/mol. The van der Waals surface area contributed by atoms with Crippen molar-refractivity contribution >= 4 is 23.0 Å². The molecular formula is C22H21F2N3O2. The van der Waals surface area contributed by atoms with Crippen molar-refractivity contribution in [3.8, 4) is 0 Å². The molecule has 0 radical (unpaired) electrons. The van der Waals surface area contributed by atoms with Crippen molar-refractivity contribution in [2.24, 2.45) is 5.41 Å². The van der Waals surface area contributed by atoms with Crippen LogP contribution in [0, 0.1) is 17.0 Å². The van der Waals surface area contributed by atoms with E-state index >= 15 is 0 Å². The van der Waals surface area contributed by atoms with Crippen molar-refractivity contribution in [1.29, 1.82) is 0 Å². The minimum Gasteiger partial charge on any atom is -0.423 e. The summed E-state index contributed by atoms with van der Waals surface area (Å²) in [4.78, 5) is 21.6. The van der Waals surface area contributed by atoms with Crippen molar-refractivity contribution in [3.05, 3.63) is 59.7 Å². The van der Waals surface area contributed by atoms with Crippen LogP contribution in [0.2, 0.25) is 0 Å². The number of para-hydroxylation sites is 2. The fourth-order valence-electron chi connectivity index (χ4n) is 4.59. The first-order valence-corrected chi connectivity index (χ1v) is 9.89. The zero-order chi connectivity index (χ0) is 20.0. The van der Waals surface area contributed by atoms with E-state index in [2.05, 4.69) is 4.98 Å². The molecule has 5 nitrogen and oxygen atoms in total. The molecule has 1 aromatic heterocycles. The van der Waals surface area contributed by atoms with Crippen LogP contribution in [-0.2, 0) is 11.3 Å². The zero-order valence-electron chi connectivity index (χ0n) is 15.9. The summed E-state index contributed by atoms with van der Waals surface area (Å²) in [6.45, 7) is 1.86. The second-order valence-corrected chi connectivity index (χ2v) is 7.96. The number of carbonyl (C=O) groups excluding carboxylic acids is 1. The van der Waals surface area contributed by atoms with E-state index in [1.165, 1.54) is 12.1 Å². The first-order valence-electron chi connectivity index (χ1n) is 9.89. The first kappa shape index (κ1) is 18.1. The molecule has 2 aromatic carbocycles. The third-order valence-corrected chi connectivity index (χ3v) is 6.12. The smallest absolute Gasteiger partial charge is 0.298 e. The lowest BCUT2D eigenvalue weighted by Gasteiger charge is -2.39. The van der Waals surface area contributed by atoms with Crippen molar-refractivity contribution < 1.29 is 18.0 Å². The average Bonchev–Trinajstić information content (AvgIpc) is 3.34. The largest absolute Gasteiger partial charge is 0.423 e. The Balaban J connectivity index is 1.36. The summed E-state index contributed by atoms with van der Waals surface area (Å²) in [5.41, 5.74) is 1.20. The van der Waals surface area contributed by atoms with Gasteiger partial charge in [-0.2, -0.15) is 4.98 Å². The maximum Gasteiger partial charge on any atom is 0.298 e. The Bertz CT molecular complexity index is 1050. The lowest BCUT2D eigenvalue weighted by atomic mass is 9.78. The number of anilines is 1. The topological polar surface area (TPSA) is 49.6 Å². The molecule has 0 unspecified atom stereocenters. The number of hydrogen-bond acceptors (Lipinski definition) is 4. The van der Waals surface area contributed by atoms with E-state index in [4.69, 9.17) is 4.42 Å². The van der Waals surface area contributed by atoms with Gasteiger partial charge in [-0.1, -0.05) is 24.3 Å². The Morgan fingerprint density at radius 2 is 1.93 bits per heavy atom. The van der Waals surface area contributed by atoms with Crippen LogP contribution in [0.25, 0.3) is 11.1 Å². The highest BCUT2D eigenvalue weighted by atomic mass is 19.2. The molecule has 0 N–H and O–H groups in total. The van der Waals surface area contributed by atoms with E-state index in [1.807, 2.05) is 29.2 Å². The van der Waals surface area contributed by atoms with E-state index in [9.17, 15) is 13.6 Å². The van der Waals surface area contributed by atoms with Gasteiger partial charge in [0.05, 0.1) is 5.41 Å². The molecule has 2 aliphatic heterocycles. The third-order valence-electron chi connectivity index (χ3n) is 6.12. The predicted octanol–water partition coefficient (Wildman–Crippen LogP) is 4.13. The number of amides is 1. The van der Waals surface area contributed by atoms with Gasteiger partial charge in [0.2, 0.25) is 5.91 Å². The minimum absolute atomic E-state index is 0.00558. The van der Waals surface area contributed by atoms with Gasteiger partial charge in [-0.15, -0.1) is 0 Å². The lowest BCUT2D eigenvalue weighted by Crippen LogP contribution is -2.49. The van der Waals surface area contributed by atoms with Crippen LogP contribution >= 0.6 is 0 Å². The van der Waals surface area contributed by atoms with E-state index in [0.717, 1.165) is 30.0 Å². The molecule has 29 heavy (non-hydrogen) atoms. The second kappa shape index (κ2) is 6.83. The molecule has 1 spiro atoms. The average molecular weight is 397 g/mol. The maximum absolute atomic E-state index is 14.1. The van der Waals surface area contributed by atoms with Crippen LogP contribution < -0.4 is 4.90 Å². The number of halogens is 2. The number of nitrogens with zero attached hydrogens (tertiary/aromatic N) is 3. The summed E-state index contributed by atoms with van der Waals surface area (Å²) in [6, 6.07) is 12.2. The lowest BCUT2D eigenvalue weighted by molar-refractivity contribution is -0.145. The van der Waals surface area contributed by atoms with E-state index in [1.54, 1.807) is 4.90 Å². The Labute approximate surface area is 166 Å². The standard InChI is InChI=1S/C22H21F2N3O2/c23-16-6-3-5-15(19(16)24)13-26-11-4-9-22(20(26)28)10-12-27(14-22)21-25-17-7-1-2-8-18(17)29-21/h1-3,5-8H,4,9-14H2/t22-/m0/s1. The van der Waals surface area contributed by atoms with Gasteiger partial charge in [0, 0.05) is 31.7 Å². The van der Waals surface area contributed by atoms with Gasteiger partial charge >= 0.3 is 0 Å². The summed E-state index contributed by atoms with van der Waals surface area (Å²) in [7, 11) is 0. The Kier molecular flexibility index (Phi) is 4.26. The molecule has 3 aromatic rings. The number of likely N-dealkylation sites (tertiary alicyclic amines) is 1. The van der Waals surface area contributed by atoms with E-state index in [-0.39, 0.29) is 18.0 Å². The zero-order valence-corrected chi connectivity index (χ0v) is 15.9. The highest BCUT2D eigenvalue weighted by Crippen LogP contribution is 2.42. The minimum atomic E-state index is -0.885. The number of benzene rings is 2. The van der Waals surface area contributed by atoms with E-state index < -0.39 is 17.0 Å². The van der Waals surface area contributed by atoms with Crippen molar-refractivity contribution in [1.82, 2.24) is 9.88 Å². The summed E-state index contributed by atoms with van der Waals surface area (Å²) in [5, 5.41) is 0. The number of piperidine rings is 1. The molecule has 150 valence electrons. The Hall–Kier alpha value is -2.96. The van der Waals surface area contributed by atoms with Gasteiger partial charge in [-0.05, 0) is 37.5 Å². The van der Waals surface area contributed by atoms with Crippen LogP contribution in [0.1, 0.15) is 24.8 Å². The summed E-state index contributed by atoms with van der Waals surface area (Å²) in [6.07, 6.45) is 2.32. The molecule has 1 amide bonds. The van der Waals surface area contributed by atoms with Crippen molar-refractivity contribution in [3.63, 3.8) is 0 Å². The SMILES string of the molecule is O=C1N(Cc2cccc(F)c2F)CCC[C@@]12CCN(c1nc3ccccc3o1)C2. The number of carbonyl (C=O) groups is 1. The molecule has 5 rings (SSSR count). The number of oxazole rings is 1. The number of rotatable bonds is 3. The molecule has 0 bridgehead atoms. The van der Waals surface area contributed by atoms with Gasteiger partial charge in [0.1, 0.15) is 5.52 Å². The maximum atomic E-state index is 14.1. The van der Waals surface area contributed by atoms with Crippen LogP contribution in [-0.4, -0.2) is 35.4 Å². The molecule has 2 saturated heterocycles. The molecule has 0 aliphatic carbocycles. The monoisotopic (exact) mass is 397 g/mol. The quantitative estimate of drug-likeness (QED) is 0.667. The molecule has 2 fully saturated rings. The van der Waals surface area contributed by atoms with Crippen LogP contribution in [0.4, 0.5) is 14.8 Å². The fourth-order valence-corrected chi connectivity index (χ4v) is 4.59. The van der Waals surface area contributed by atoms with Gasteiger partial charge in [-0.25, -0.2) is 8.78 Å². The van der Waals surface area contributed by atoms with Crippen molar-refractivity contribution in [2.75, 3.05) is 24.5 Å². The van der Waals surface area contributed by atoms with Gasteiger partial charge in [0.25, 0.3) is 6.01 Å². The first-order chi connectivity index (χ1) is 14.1. The Morgan fingerprint density at radius 3 is 2.79 bits per heavy atom. The number of aromatic nitrogens is 1. The molecule has 2 aliphatic rings. The van der Waals surface area contributed by atoms with E-state index in [0.29, 0.717) is 32.1 Å². The Morgan fingerprint density at radius 1 is 1.07 bits per heavy atom. The number of hydrogen-bond donors (Lipinski definition) is 0. The molecule has 1 atom stereocenters. The third kappa shape index (κ3) is 3.05. The fraction of sp³-hybridized carbons (Fsp3) is 0.364. The van der Waals surface area contributed by atoms with Crippen molar-refractivity contribution in [2.45, 2.75) is 25.8 Å². The second-order valence-electron chi connectivity index (χ2n) is 7.96. The highest BCUT2D eigenvalue weighted by Gasteiger charge is 2.49. The summed E-state index contributed by atoms with van der Waals surface area (Å²) < 4.78 is 33.5. The highest BCUT2D eigenvalue weighted by molar-refractivity contribution is 5.85. The summed E-state index contributed by atoms with van der Waals surface area (Å²) >= 11 is 0. The molecule has 3 heterocycles. The normalized spacial score (nSPS) is 22.2. The summed E-state index contributed by atoms with van der Waals surface area (Å²) in [5.74, 6) is -1.75. The van der Waals surface area contributed by atoms with Gasteiger partial charge < -0.3 is 14.2 Å². The van der Waals surface area contributed by atoms with Crippen LogP contribution in [0.15, 0.2) is 46.9 Å². The van der Waals surface area contributed by atoms with Gasteiger partial charge in [-0.3, -0.25) is 4.79 Å². The predicted molar refractivity (Wildman–Crippen MR) is 104 cm³/mol. The van der Waals surface area contributed by atoms with Crippen LogP contribution in [0.5, 0.6) is 0 Å².